The first-order valence-electron chi connectivity index (χ1n) is 32.7. The molecule has 26 nitrogen and oxygen atoms in total. The molecule has 2 atom stereocenters. The fourth-order valence-electron chi connectivity index (χ4n) is 7.63. The Bertz CT molecular complexity index is 2420. The molecule has 0 aliphatic heterocycles. The first-order valence-corrected chi connectivity index (χ1v) is 84.7. The molecule has 0 aromatic heterocycles. The molecule has 490 valence electrons. The number of aliphatic hydroxyl groups is 1. The molecule has 2 amide bonds. The first kappa shape index (κ1) is 104. The average Bonchev–Trinajstić information content (AvgIpc) is 0.827. The van der Waals surface area contributed by atoms with Crippen LogP contribution in [0.15, 0.2) is 36.4 Å². The van der Waals surface area contributed by atoms with Crippen LogP contribution in [0.3, 0.4) is 0 Å². The number of hydrogen-bond acceptors (Lipinski definition) is 24. The van der Waals surface area contributed by atoms with E-state index in [1.54, 1.807) is 101 Å². The topological polar surface area (TPSA) is 323 Å². The molecule has 3 N–H and O–H groups in total. The number of carbonyl (C=O) groups is 10. The molecule has 0 spiro atoms. The number of aliphatic hydroxyl groups excluding tert-OH is 1. The Balaban J connectivity index is -0.000000257. The third-order valence-corrected chi connectivity index (χ3v) is 192. The number of esters is 8. The fourth-order valence-corrected chi connectivity index (χ4v) is 307. The summed E-state index contributed by atoms with van der Waals surface area (Å²) in [7, 11) is 0. The summed E-state index contributed by atoms with van der Waals surface area (Å²) < 4.78 is 55.8. The second kappa shape index (κ2) is 65.7. The Labute approximate surface area is 684 Å². The molecule has 2 aromatic rings. The summed E-state index contributed by atoms with van der Waals surface area (Å²) in [5, 5.41) is 15.9. The van der Waals surface area contributed by atoms with Crippen molar-refractivity contribution in [3.05, 3.63) is 47.5 Å². The molecule has 0 saturated heterocycles. The van der Waals surface area contributed by atoms with Gasteiger partial charge in [-0.1, -0.05) is 19.1 Å². The molecule has 96 heavy (non-hydrogen) atoms. The van der Waals surface area contributed by atoms with Gasteiger partial charge in [-0.15, -0.1) is 0 Å². The van der Waals surface area contributed by atoms with Crippen molar-refractivity contribution in [3.8, 4) is 11.5 Å². The summed E-state index contributed by atoms with van der Waals surface area (Å²) in [5.74, 6) is -4.39. The molecule has 0 aliphatic rings. The molecule has 0 saturated carbocycles. The van der Waals surface area contributed by atoms with Crippen molar-refractivity contribution in [2.45, 2.75) is 127 Å². The van der Waals surface area contributed by atoms with Gasteiger partial charge in [0, 0.05) is 20.4 Å². The van der Waals surface area contributed by atoms with Gasteiger partial charge in [0.25, 0.3) is 0 Å². The van der Waals surface area contributed by atoms with Gasteiger partial charge in [0.05, 0.1) is 63.7 Å². The van der Waals surface area contributed by atoms with Crippen LogP contribution in [0.1, 0.15) is 133 Å². The number of benzene rings is 2. The zero-order valence-electron chi connectivity index (χ0n) is 64.0. The molecule has 0 heterocycles. The minimum atomic E-state index is -1.16. The number of nitrogens with zero attached hydrogens (tertiary/aromatic N) is 2. The second-order valence-corrected chi connectivity index (χ2v) is 124. The number of nitrogens with one attached hydrogen (secondary N) is 2. The molecule has 0 bridgehead atoms. The van der Waals surface area contributed by atoms with Crippen LogP contribution >= 0.6 is 0 Å². The van der Waals surface area contributed by atoms with Gasteiger partial charge >= 0.3 is 276 Å². The molecule has 2 aromatic carbocycles. The average molecular weight is 1520 g/mol. The molecule has 0 fully saturated rings. The van der Waals surface area contributed by atoms with E-state index in [2.05, 4.69) is 87.6 Å². The number of alkyl carbamates (subject to hydrolysis) is 2. The molecule has 2 rings (SSSR count). The van der Waals surface area contributed by atoms with Gasteiger partial charge in [0.2, 0.25) is 0 Å². The number of amides is 2. The van der Waals surface area contributed by atoms with Gasteiger partial charge < -0.3 is 83.4 Å². The predicted octanol–water partition coefficient (Wildman–Crippen LogP) is 0.142. The summed E-state index contributed by atoms with van der Waals surface area (Å²) in [6, 6.07) is 9.66. The number of hydrogen-bond donors (Lipinski definition) is 3. The summed E-state index contributed by atoms with van der Waals surface area (Å²) in [6.07, 6.45) is -2.39. The van der Waals surface area contributed by atoms with Crippen LogP contribution in [0, 0.1) is 0 Å². The van der Waals surface area contributed by atoms with Crippen molar-refractivity contribution < 1.29 is 111 Å². The normalized spacial score (nSPS) is 10.2. The standard InChI is InChI=1S/C26H40N2O9.C25H38N2O10.C4H6O3.15Mg.4H/c1-8-33-22(29)15-28(16-23(30)34-9-2)20-12-11-19(13-21(20)36-17-24(31)35-10-3)18(4)14-27-25(32)37-26(5,6)7;1-7-33-21(29)14-27(15-22(30)34-8-2)18-11-10-17(12-20(18)36-16-23(31)35-9-3)19(28)13-26-24(32)37-25(4,5)6;1-3(5)7-4(2)6;;;;;;;;;;;;;;;;;;;/h11-13,18H,8-10,14-17H2,1-7H3,(H,27,32);10-12,19,28H,7-9,13-16H2,1-6H3,(H,26,32);1-2H3;;;;;;;;;;;;;;;;;;;/q;;;;;;;;;;;;;;4*+1;4*-1. The van der Waals surface area contributed by atoms with Gasteiger partial charge in [0.1, 0.15) is 48.9 Å². The van der Waals surface area contributed by atoms with Gasteiger partial charge in [-0.25, -0.2) is 19.2 Å². The zero-order valence-corrected chi connectivity index (χ0v) is 81.3. The van der Waals surface area contributed by atoms with Crippen LogP contribution < -0.4 is 29.9 Å². The Morgan fingerprint density at radius 3 is 1.05 bits per heavy atom. The van der Waals surface area contributed by atoms with Crippen LogP contribution in [0.2, 0.25) is 0 Å². The summed E-state index contributed by atoms with van der Waals surface area (Å²) in [5.41, 5.74) is 0.468. The number of anilines is 2. The zero-order chi connectivity index (χ0) is 73.7. The first-order chi connectivity index (χ1) is 45.2. The monoisotopic (exact) mass is 1520 g/mol. The maximum atomic E-state index is 12.3. The summed E-state index contributed by atoms with van der Waals surface area (Å²) in [6.45, 7) is 24.0. The molecule has 41 heteroatoms. The Morgan fingerprint density at radius 1 is 0.469 bits per heavy atom. The van der Waals surface area contributed by atoms with Crippen molar-refractivity contribution in [1.29, 1.82) is 0 Å². The van der Waals surface area contributed by atoms with Crippen molar-refractivity contribution in [2.75, 3.05) is 102 Å². The third-order valence-electron chi connectivity index (χ3n) is 11.7. The quantitative estimate of drug-likeness (QED) is 0.0266. The predicted molar refractivity (Wildman–Crippen MR) is 383 cm³/mol. The summed E-state index contributed by atoms with van der Waals surface area (Å²) in [4.78, 5) is 119. The summed E-state index contributed by atoms with van der Waals surface area (Å²) >= 11 is 17.9. The number of ether oxygens (including phenoxy) is 11. The van der Waals surface area contributed by atoms with E-state index in [4.69, 9.17) is 47.4 Å². The maximum absolute atomic E-state index is 12.3. The van der Waals surface area contributed by atoms with Crippen molar-refractivity contribution >= 4 is 287 Å². The van der Waals surface area contributed by atoms with Crippen molar-refractivity contribution in [2.24, 2.45) is 0 Å². The molecule has 0 radical (unpaired) electrons. The van der Waals surface area contributed by atoms with Crippen LogP contribution in [0.4, 0.5) is 21.0 Å². The minimum absolute atomic E-state index is 0. The Hall–Kier alpha value is 3.59. The Kier molecular flexibility index (Phi) is 71.0. The van der Waals surface area contributed by atoms with Crippen LogP contribution in [-0.2, 0) is 81.0 Å². The third kappa shape index (κ3) is 60.6. The molecular weight excluding hydrogens is 1430 g/mol. The van der Waals surface area contributed by atoms with Gasteiger partial charge in [-0.2, -0.15) is 0 Å². The fraction of sp³-hybridized carbons (Fsp3) is 0.600. The van der Waals surface area contributed by atoms with Gasteiger partial charge in [-0.05, 0) is 124 Å². The van der Waals surface area contributed by atoms with E-state index in [1.165, 1.54) is 41.8 Å². The van der Waals surface area contributed by atoms with Gasteiger partial charge in [0.15, 0.2) is 13.2 Å². The molecule has 2 unspecified atom stereocenters. The van der Waals surface area contributed by atoms with E-state index in [0.717, 1.165) is 97.0 Å². The van der Waals surface area contributed by atoms with E-state index in [-0.39, 0.29) is 114 Å². The van der Waals surface area contributed by atoms with Crippen molar-refractivity contribution in [3.63, 3.8) is 0 Å². The van der Waals surface area contributed by atoms with Crippen LogP contribution in [0.5, 0.6) is 11.5 Å². The Morgan fingerprint density at radius 2 is 0.760 bits per heavy atom. The number of rotatable bonds is 37. The van der Waals surface area contributed by atoms with E-state index >= 15 is 0 Å². The van der Waals surface area contributed by atoms with E-state index in [9.17, 15) is 53.1 Å². The second-order valence-electron chi connectivity index (χ2n) is 22.7. The van der Waals surface area contributed by atoms with E-state index in [1.807, 2.05) is 6.92 Å². The van der Waals surface area contributed by atoms with Gasteiger partial charge in [-0.3, -0.25) is 28.8 Å². The number of carbonyl (C=O) groups excluding carboxylic acids is 10. The van der Waals surface area contributed by atoms with E-state index in [0.29, 0.717) is 63.5 Å². The van der Waals surface area contributed by atoms with Crippen LogP contribution in [-0.4, -0.2) is 384 Å². The SMILES string of the molecule is CC(=O)OC(C)=O.CCOC(=O)COc1cc(C(C)CNC(=O)OC(C)(C)C)ccc1N(CC(=O)OCC)CC(=O)OCC.CCOC(=O)COc1cc(C(O)CNC(=O)OC(C)(C)C)ccc1N(CC(=O)OCC)CC(=O)OCC.[H-].[H-].[H-].[H-].[Mg+][Mg][Mg][Mg][Mg][Mg][Mg+].[Mg+][Mg][Mg][Mg][Mg][Mg][Mg][Mg+]. The molecule has 0 aliphatic carbocycles. The van der Waals surface area contributed by atoms with E-state index < -0.39 is 83.9 Å². The van der Waals surface area contributed by atoms with Crippen LogP contribution in [0.25, 0.3) is 0 Å². The van der Waals surface area contributed by atoms with Crippen molar-refractivity contribution in [1.82, 2.24) is 10.6 Å². The molecular formula is C55H88Mg15N4O22.